The molecule has 0 spiro atoms. The van der Waals surface area contributed by atoms with E-state index >= 15 is 0 Å². The number of nitro groups is 1. The van der Waals surface area contributed by atoms with Gasteiger partial charge < -0.3 is 10.2 Å². The first kappa shape index (κ1) is 13.3. The molecule has 2 unspecified atom stereocenters. The van der Waals surface area contributed by atoms with Crippen LogP contribution in [0.4, 0.5) is 11.5 Å². The van der Waals surface area contributed by atoms with Crippen molar-refractivity contribution >= 4 is 11.5 Å². The highest BCUT2D eigenvalue weighted by Crippen LogP contribution is 2.32. The number of aromatic nitrogens is 1. The molecule has 6 nitrogen and oxygen atoms in total. The highest BCUT2D eigenvalue weighted by molar-refractivity contribution is 5.51. The van der Waals surface area contributed by atoms with E-state index in [-0.39, 0.29) is 10.6 Å². The molecule has 2 bridgehead atoms. The van der Waals surface area contributed by atoms with Crippen molar-refractivity contribution in [3.8, 4) is 0 Å². The third kappa shape index (κ3) is 2.35. The van der Waals surface area contributed by atoms with Crippen molar-refractivity contribution < 1.29 is 4.92 Å². The maximum Gasteiger partial charge on any atom is 0.277 e. The highest BCUT2D eigenvalue weighted by atomic mass is 16.6. The Labute approximate surface area is 118 Å². The molecule has 2 saturated heterocycles. The Morgan fingerprint density at radius 1 is 1.40 bits per heavy atom. The maximum atomic E-state index is 11.0. The number of hydrogen-bond donors (Lipinski definition) is 1. The second-order valence-corrected chi connectivity index (χ2v) is 5.96. The fourth-order valence-corrected chi connectivity index (χ4v) is 3.42. The Balaban J connectivity index is 1.81. The number of fused-ring (bicyclic) bond motifs is 2. The molecule has 0 radical (unpaired) electrons. The lowest BCUT2D eigenvalue weighted by atomic mass is 9.98. The zero-order valence-corrected chi connectivity index (χ0v) is 11.9. The third-order valence-electron chi connectivity index (χ3n) is 4.61. The molecule has 0 amide bonds. The van der Waals surface area contributed by atoms with Gasteiger partial charge in [0.15, 0.2) is 0 Å². The molecule has 2 atom stereocenters. The molecule has 1 N–H and O–H groups in total. The maximum absolute atomic E-state index is 11.0. The molecular weight excluding hydrogens is 256 g/mol. The number of pyridine rings is 1. The van der Waals surface area contributed by atoms with E-state index in [1.807, 2.05) is 7.05 Å². The second kappa shape index (κ2) is 5.01. The van der Waals surface area contributed by atoms with Gasteiger partial charge in [0, 0.05) is 36.9 Å². The van der Waals surface area contributed by atoms with Crippen molar-refractivity contribution in [2.45, 2.75) is 50.7 Å². The van der Waals surface area contributed by atoms with E-state index in [1.54, 1.807) is 19.2 Å². The van der Waals surface area contributed by atoms with Crippen LogP contribution in [-0.2, 0) is 0 Å². The molecule has 2 aliphatic heterocycles. The predicted molar refractivity (Wildman–Crippen MR) is 77.0 cm³/mol. The Hall–Kier alpha value is -1.69. The molecule has 20 heavy (non-hydrogen) atoms. The minimum Gasteiger partial charge on any atom is -0.356 e. The van der Waals surface area contributed by atoms with Gasteiger partial charge in [-0.05, 0) is 32.6 Å². The van der Waals surface area contributed by atoms with Gasteiger partial charge in [0.2, 0.25) is 0 Å². The van der Waals surface area contributed by atoms with E-state index in [0.29, 0.717) is 29.5 Å². The molecule has 3 heterocycles. The first-order valence-corrected chi connectivity index (χ1v) is 7.14. The number of nitrogens with zero attached hydrogens (tertiary/aromatic N) is 3. The second-order valence-electron chi connectivity index (χ2n) is 5.96. The van der Waals surface area contributed by atoms with Crippen LogP contribution in [0.1, 0.15) is 31.2 Å². The zero-order valence-electron chi connectivity index (χ0n) is 11.9. The first-order valence-electron chi connectivity index (χ1n) is 7.14. The molecule has 108 valence electrons. The fourth-order valence-electron chi connectivity index (χ4n) is 3.42. The molecule has 0 saturated carbocycles. The third-order valence-corrected chi connectivity index (χ3v) is 4.61. The predicted octanol–water partition coefficient (Wildman–Crippen LogP) is 2.02. The van der Waals surface area contributed by atoms with E-state index in [9.17, 15) is 10.1 Å². The zero-order chi connectivity index (χ0) is 14.3. The van der Waals surface area contributed by atoms with Crippen LogP contribution >= 0.6 is 0 Å². The van der Waals surface area contributed by atoms with Gasteiger partial charge in [0.05, 0.1) is 11.0 Å². The van der Waals surface area contributed by atoms with E-state index in [2.05, 4.69) is 15.2 Å². The average Bonchev–Trinajstić information content (AvgIpc) is 2.77. The van der Waals surface area contributed by atoms with Gasteiger partial charge in [0.1, 0.15) is 5.82 Å². The summed E-state index contributed by atoms with van der Waals surface area (Å²) in [4.78, 5) is 17.2. The van der Waals surface area contributed by atoms with Gasteiger partial charge in [-0.25, -0.2) is 4.98 Å². The lowest BCUT2D eigenvalue weighted by Gasteiger charge is -2.36. The summed E-state index contributed by atoms with van der Waals surface area (Å²) in [6.07, 6.45) is 6.28. The summed E-state index contributed by atoms with van der Waals surface area (Å²) < 4.78 is 0. The van der Waals surface area contributed by atoms with Crippen LogP contribution in [0.5, 0.6) is 0 Å². The lowest BCUT2D eigenvalue weighted by molar-refractivity contribution is -0.385. The lowest BCUT2D eigenvalue weighted by Crippen LogP contribution is -2.47. The number of piperidine rings is 1. The summed E-state index contributed by atoms with van der Waals surface area (Å²) in [5, 5.41) is 14.6. The standard InChI is InChI=1S/C14H20N4O2/c1-9-8-15-14(7-13(9)18(19)20)17(2)12-5-10-3-4-11(6-12)16-10/h7-8,10-12,16H,3-6H2,1-2H3. The molecule has 2 fully saturated rings. The van der Waals surface area contributed by atoms with Crippen LogP contribution in [0.25, 0.3) is 0 Å². The smallest absolute Gasteiger partial charge is 0.277 e. The summed E-state index contributed by atoms with van der Waals surface area (Å²) in [7, 11) is 2.00. The topological polar surface area (TPSA) is 71.3 Å². The van der Waals surface area contributed by atoms with Crippen molar-refractivity contribution in [3.63, 3.8) is 0 Å². The summed E-state index contributed by atoms with van der Waals surface area (Å²) in [5.41, 5.74) is 0.760. The van der Waals surface area contributed by atoms with E-state index < -0.39 is 0 Å². The fraction of sp³-hybridized carbons (Fsp3) is 0.643. The van der Waals surface area contributed by atoms with Crippen LogP contribution in [0.3, 0.4) is 0 Å². The van der Waals surface area contributed by atoms with Crippen LogP contribution in [0.2, 0.25) is 0 Å². The number of aryl methyl sites for hydroxylation is 1. The average molecular weight is 276 g/mol. The van der Waals surface area contributed by atoms with Gasteiger partial charge >= 0.3 is 0 Å². The Kier molecular flexibility index (Phi) is 3.33. The summed E-state index contributed by atoms with van der Waals surface area (Å²) in [6, 6.07) is 3.21. The van der Waals surface area contributed by atoms with Crippen LogP contribution in [0.15, 0.2) is 12.3 Å². The quantitative estimate of drug-likeness (QED) is 0.675. The van der Waals surface area contributed by atoms with Gasteiger partial charge in [-0.15, -0.1) is 0 Å². The van der Waals surface area contributed by atoms with Gasteiger partial charge in [0.25, 0.3) is 5.69 Å². The Morgan fingerprint density at radius 3 is 2.65 bits per heavy atom. The van der Waals surface area contributed by atoms with Crippen LogP contribution in [0, 0.1) is 17.0 Å². The molecule has 1 aromatic rings. The van der Waals surface area contributed by atoms with Gasteiger partial charge in [-0.3, -0.25) is 10.1 Å². The largest absolute Gasteiger partial charge is 0.356 e. The molecular formula is C14H20N4O2. The monoisotopic (exact) mass is 276 g/mol. The molecule has 3 rings (SSSR count). The number of nitrogens with one attached hydrogen (secondary N) is 1. The minimum atomic E-state index is -0.333. The van der Waals surface area contributed by atoms with Crippen molar-refractivity contribution in [2.24, 2.45) is 0 Å². The van der Waals surface area contributed by atoms with Crippen LogP contribution < -0.4 is 10.2 Å². The first-order chi connectivity index (χ1) is 9.54. The van der Waals surface area contributed by atoms with Crippen molar-refractivity contribution in [2.75, 3.05) is 11.9 Å². The van der Waals surface area contributed by atoms with E-state index in [4.69, 9.17) is 0 Å². The van der Waals surface area contributed by atoms with E-state index in [0.717, 1.165) is 12.8 Å². The SMILES string of the molecule is Cc1cnc(N(C)C2CC3CCC(C2)N3)cc1[N+](=O)[O-]. The number of hydrogen-bond acceptors (Lipinski definition) is 5. The summed E-state index contributed by atoms with van der Waals surface area (Å²) in [5.74, 6) is 0.702. The van der Waals surface area contributed by atoms with Crippen LogP contribution in [-0.4, -0.2) is 35.1 Å². The molecule has 2 aliphatic rings. The van der Waals surface area contributed by atoms with E-state index in [1.165, 1.54) is 12.8 Å². The normalized spacial score (nSPS) is 28.4. The number of rotatable bonds is 3. The molecule has 6 heteroatoms. The Bertz CT molecular complexity index is 522. The number of anilines is 1. The molecule has 0 aromatic carbocycles. The van der Waals surface area contributed by atoms with Crippen molar-refractivity contribution in [1.82, 2.24) is 10.3 Å². The molecule has 0 aliphatic carbocycles. The van der Waals surface area contributed by atoms with Gasteiger partial charge in [-0.2, -0.15) is 0 Å². The van der Waals surface area contributed by atoms with Crippen molar-refractivity contribution in [1.29, 1.82) is 0 Å². The highest BCUT2D eigenvalue weighted by Gasteiger charge is 2.35. The summed E-state index contributed by atoms with van der Waals surface area (Å²) >= 11 is 0. The Morgan fingerprint density at radius 2 is 2.05 bits per heavy atom. The minimum absolute atomic E-state index is 0.152. The summed E-state index contributed by atoms with van der Waals surface area (Å²) in [6.45, 7) is 1.72. The molecule has 1 aromatic heterocycles. The van der Waals surface area contributed by atoms with Gasteiger partial charge in [-0.1, -0.05) is 0 Å². The van der Waals surface area contributed by atoms with Crippen molar-refractivity contribution in [3.05, 3.63) is 27.9 Å².